The predicted octanol–water partition coefficient (Wildman–Crippen LogP) is 1.95. The lowest BCUT2D eigenvalue weighted by atomic mass is 10.2. The minimum atomic E-state index is -4.39. The lowest BCUT2D eigenvalue weighted by Crippen LogP contribution is -2.51. The average molecular weight is 286 g/mol. The molecule has 0 aromatic carbocycles. The second-order valence-corrected chi connectivity index (χ2v) is 8.74. The Kier molecular flexibility index (Phi) is 6.52. The summed E-state index contributed by atoms with van der Waals surface area (Å²) in [6, 6.07) is 0.460. The maximum absolute atomic E-state index is 11.6. The van der Waals surface area contributed by atoms with Gasteiger partial charge >= 0.3 is 16.4 Å². The molecule has 8 heteroatoms. The molecule has 0 aliphatic heterocycles. The van der Waals surface area contributed by atoms with Crippen molar-refractivity contribution in [3.05, 3.63) is 0 Å². The van der Waals surface area contributed by atoms with E-state index in [1.165, 1.54) is 14.2 Å². The van der Waals surface area contributed by atoms with Crippen molar-refractivity contribution in [3.63, 3.8) is 0 Å². The van der Waals surface area contributed by atoms with Gasteiger partial charge in [-0.3, -0.25) is 4.57 Å². The summed E-state index contributed by atoms with van der Waals surface area (Å²) in [4.78, 5) is 19.0. The first kappa shape index (κ1) is 17.2. The highest BCUT2D eigenvalue weighted by molar-refractivity contribution is 7.53. The topological polar surface area (TPSA) is 85.2 Å². The molecule has 0 aromatic rings. The van der Waals surface area contributed by atoms with Gasteiger partial charge in [0.2, 0.25) is 0 Å². The molecule has 0 saturated heterocycles. The molecular formula is C9H23O6PSi. The highest BCUT2D eigenvalue weighted by Gasteiger charge is 2.53. The van der Waals surface area contributed by atoms with E-state index < -0.39 is 21.7 Å². The van der Waals surface area contributed by atoms with E-state index in [2.05, 4.69) is 0 Å². The van der Waals surface area contributed by atoms with Crippen molar-refractivity contribution in [1.29, 1.82) is 0 Å². The molecule has 17 heavy (non-hydrogen) atoms. The molecule has 0 spiro atoms. The van der Waals surface area contributed by atoms with Crippen molar-refractivity contribution in [2.75, 3.05) is 14.2 Å². The van der Waals surface area contributed by atoms with E-state index >= 15 is 0 Å². The van der Waals surface area contributed by atoms with Crippen LogP contribution in [-0.2, 0) is 17.8 Å². The molecule has 0 saturated carbocycles. The zero-order valence-corrected chi connectivity index (χ0v) is 13.0. The Morgan fingerprint density at radius 1 is 1.12 bits per heavy atom. The summed E-state index contributed by atoms with van der Waals surface area (Å²) < 4.78 is 27.8. The van der Waals surface area contributed by atoms with Crippen LogP contribution in [0, 0.1) is 0 Å². The van der Waals surface area contributed by atoms with Gasteiger partial charge in [-0.2, -0.15) is 0 Å². The molecule has 104 valence electrons. The van der Waals surface area contributed by atoms with Gasteiger partial charge in [0.05, 0.1) is 0 Å². The van der Waals surface area contributed by atoms with E-state index in [0.29, 0.717) is 6.04 Å². The number of hydrogen-bond donors (Lipinski definition) is 2. The summed E-state index contributed by atoms with van der Waals surface area (Å²) in [7, 11) is -4.51. The fourth-order valence-corrected chi connectivity index (χ4v) is 5.32. The summed E-state index contributed by atoms with van der Waals surface area (Å²) >= 11 is 0. The van der Waals surface area contributed by atoms with Gasteiger partial charge in [0, 0.05) is 20.3 Å². The molecule has 0 unspecified atom stereocenters. The quantitative estimate of drug-likeness (QED) is 0.524. The van der Waals surface area contributed by atoms with Gasteiger partial charge < -0.3 is 23.1 Å². The first-order valence-corrected chi connectivity index (χ1v) is 9.17. The minimum absolute atomic E-state index is 0.204. The monoisotopic (exact) mass is 286 g/mol. The van der Waals surface area contributed by atoms with Crippen molar-refractivity contribution in [3.8, 4) is 0 Å². The van der Waals surface area contributed by atoms with Crippen LogP contribution in [0.2, 0.25) is 6.04 Å². The first-order chi connectivity index (χ1) is 7.76. The van der Waals surface area contributed by atoms with Gasteiger partial charge in [0.15, 0.2) is 5.34 Å². The number of rotatable bonds is 8. The van der Waals surface area contributed by atoms with Gasteiger partial charge in [-0.15, -0.1) is 0 Å². The van der Waals surface area contributed by atoms with E-state index in [4.69, 9.17) is 13.3 Å². The lowest BCUT2D eigenvalue weighted by molar-refractivity contribution is 0.0128. The highest BCUT2D eigenvalue weighted by atomic mass is 31.2. The Bertz CT molecular complexity index is 262. The number of hydrogen-bond acceptors (Lipinski definition) is 4. The molecule has 0 fully saturated rings. The average Bonchev–Trinajstić information content (AvgIpc) is 2.31. The summed E-state index contributed by atoms with van der Waals surface area (Å²) in [6.45, 7) is 5.18. The van der Waals surface area contributed by atoms with Crippen LogP contribution in [0.5, 0.6) is 0 Å². The van der Waals surface area contributed by atoms with E-state index in [9.17, 15) is 14.4 Å². The van der Waals surface area contributed by atoms with Crippen LogP contribution in [-0.4, -0.2) is 38.2 Å². The Balaban J connectivity index is 5.31. The molecule has 0 aliphatic rings. The van der Waals surface area contributed by atoms with Gasteiger partial charge in [-0.1, -0.05) is 20.8 Å². The molecule has 0 atom stereocenters. The van der Waals surface area contributed by atoms with Crippen LogP contribution < -0.4 is 0 Å². The maximum atomic E-state index is 11.6. The molecule has 0 amide bonds. The summed E-state index contributed by atoms with van der Waals surface area (Å²) in [5.74, 6) is 0. The molecule has 0 bridgehead atoms. The summed E-state index contributed by atoms with van der Waals surface area (Å²) in [5, 5.41) is -1.51. The largest absolute Gasteiger partial charge is 0.501 e. The third-order valence-corrected chi connectivity index (χ3v) is 7.81. The van der Waals surface area contributed by atoms with E-state index in [1.807, 2.05) is 6.92 Å². The lowest BCUT2D eigenvalue weighted by Gasteiger charge is -2.39. The van der Waals surface area contributed by atoms with Crippen molar-refractivity contribution in [1.82, 2.24) is 0 Å². The fraction of sp³-hybridized carbons (Fsp3) is 1.00. The SMILES string of the molecule is CCC(CC)(O[Si](CC)(OC)OC)P(=O)(O)O. The zero-order chi connectivity index (χ0) is 13.7. The molecule has 2 N–H and O–H groups in total. The fourth-order valence-electron chi connectivity index (χ4n) is 1.68. The minimum Gasteiger partial charge on any atom is -0.377 e. The van der Waals surface area contributed by atoms with Crippen LogP contribution in [0.3, 0.4) is 0 Å². The van der Waals surface area contributed by atoms with Gasteiger partial charge in [-0.25, -0.2) is 0 Å². The summed E-state index contributed by atoms with van der Waals surface area (Å²) in [5.41, 5.74) is 0. The molecule has 0 radical (unpaired) electrons. The van der Waals surface area contributed by atoms with Gasteiger partial charge in [0.1, 0.15) is 0 Å². The standard InChI is InChI=1S/C9H23O6PSi/c1-6-9(7-2,16(10,11)12)15-17(8-3,13-4)14-5/h6-8H2,1-5H3,(H2,10,11,12). The smallest absolute Gasteiger partial charge is 0.377 e. The first-order valence-electron chi connectivity index (χ1n) is 5.62. The second-order valence-electron chi connectivity index (χ2n) is 3.74. The Morgan fingerprint density at radius 2 is 1.53 bits per heavy atom. The van der Waals surface area contributed by atoms with Crippen LogP contribution in [0.15, 0.2) is 0 Å². The highest BCUT2D eigenvalue weighted by Crippen LogP contribution is 2.56. The van der Waals surface area contributed by atoms with Crippen LogP contribution in [0.25, 0.3) is 0 Å². The second kappa shape index (κ2) is 6.42. The Labute approximate surface area is 104 Å². The van der Waals surface area contributed by atoms with E-state index in [1.54, 1.807) is 13.8 Å². The molecular weight excluding hydrogens is 263 g/mol. The van der Waals surface area contributed by atoms with Crippen LogP contribution in [0.4, 0.5) is 0 Å². The molecule has 0 aliphatic carbocycles. The normalized spacial score (nSPS) is 14.1. The molecule has 0 rings (SSSR count). The Morgan fingerprint density at radius 3 is 1.71 bits per heavy atom. The maximum Gasteiger partial charge on any atom is 0.501 e. The predicted molar refractivity (Wildman–Crippen MR) is 66.7 cm³/mol. The third-order valence-electron chi connectivity index (χ3n) is 3.04. The van der Waals surface area contributed by atoms with Crippen molar-refractivity contribution in [2.24, 2.45) is 0 Å². The van der Waals surface area contributed by atoms with Crippen molar-refractivity contribution < 1.29 is 27.6 Å². The van der Waals surface area contributed by atoms with Crippen molar-refractivity contribution in [2.45, 2.75) is 45.0 Å². The third kappa shape index (κ3) is 3.60. The Hall–Kier alpha value is 0.247. The van der Waals surface area contributed by atoms with Gasteiger partial charge in [-0.05, 0) is 12.8 Å². The molecule has 0 aromatic heterocycles. The van der Waals surface area contributed by atoms with Gasteiger partial charge in [0.25, 0.3) is 0 Å². The zero-order valence-electron chi connectivity index (χ0n) is 11.1. The van der Waals surface area contributed by atoms with Crippen LogP contribution >= 0.6 is 7.60 Å². The molecule has 0 heterocycles. The van der Waals surface area contributed by atoms with E-state index in [0.717, 1.165) is 0 Å². The summed E-state index contributed by atoms with van der Waals surface area (Å²) in [6.07, 6.45) is 0.407. The van der Waals surface area contributed by atoms with Crippen molar-refractivity contribution >= 4 is 16.4 Å². The van der Waals surface area contributed by atoms with E-state index in [-0.39, 0.29) is 12.8 Å². The van der Waals surface area contributed by atoms with Crippen LogP contribution in [0.1, 0.15) is 33.6 Å². The molecule has 6 nitrogen and oxygen atoms in total.